The minimum absolute atomic E-state index is 0.00405. The van der Waals surface area contributed by atoms with Crippen molar-refractivity contribution in [1.82, 2.24) is 19.6 Å². The highest BCUT2D eigenvalue weighted by atomic mass is 16.2. The second-order valence-corrected chi connectivity index (χ2v) is 7.24. The molecule has 26 heavy (non-hydrogen) atoms. The molecular formula is C19H24N4O3. The topological polar surface area (TPSA) is 78.4 Å². The summed E-state index contributed by atoms with van der Waals surface area (Å²) in [7, 11) is 0. The van der Waals surface area contributed by atoms with Crippen LogP contribution in [0.4, 0.5) is 0 Å². The lowest BCUT2D eigenvalue weighted by Gasteiger charge is -2.31. The Labute approximate surface area is 151 Å². The van der Waals surface area contributed by atoms with Gasteiger partial charge in [-0.15, -0.1) is 0 Å². The van der Waals surface area contributed by atoms with Gasteiger partial charge < -0.3 is 9.80 Å². The SMILES string of the molecule is O=C(Cn1[nH]c2ccccc2c1=O)N1CCCN(C(=O)C2CCC2)CC1. The lowest BCUT2D eigenvalue weighted by atomic mass is 9.84. The van der Waals surface area contributed by atoms with E-state index in [1.54, 1.807) is 11.0 Å². The van der Waals surface area contributed by atoms with Gasteiger partial charge in [0.25, 0.3) is 5.56 Å². The molecule has 1 saturated heterocycles. The fourth-order valence-corrected chi connectivity index (χ4v) is 3.76. The van der Waals surface area contributed by atoms with Crippen molar-refractivity contribution in [3.63, 3.8) is 0 Å². The van der Waals surface area contributed by atoms with Gasteiger partial charge in [-0.2, -0.15) is 0 Å². The highest BCUT2D eigenvalue weighted by molar-refractivity contribution is 5.81. The number of aromatic amines is 1. The van der Waals surface area contributed by atoms with E-state index >= 15 is 0 Å². The second-order valence-electron chi connectivity index (χ2n) is 7.24. The zero-order valence-corrected chi connectivity index (χ0v) is 14.8. The van der Waals surface area contributed by atoms with Gasteiger partial charge in [-0.1, -0.05) is 18.6 Å². The monoisotopic (exact) mass is 356 g/mol. The van der Waals surface area contributed by atoms with E-state index in [0.29, 0.717) is 31.6 Å². The largest absolute Gasteiger partial charge is 0.341 e. The fraction of sp³-hybridized carbons (Fsp3) is 0.526. The normalized spacial score (nSPS) is 18.6. The summed E-state index contributed by atoms with van der Waals surface area (Å²) in [6.07, 6.45) is 3.93. The molecule has 1 aromatic heterocycles. The summed E-state index contributed by atoms with van der Waals surface area (Å²) in [5.41, 5.74) is 0.559. The van der Waals surface area contributed by atoms with Gasteiger partial charge in [0.15, 0.2) is 0 Å². The summed E-state index contributed by atoms with van der Waals surface area (Å²) in [6, 6.07) is 7.25. The Morgan fingerprint density at radius 2 is 1.73 bits per heavy atom. The maximum atomic E-state index is 12.7. The average molecular weight is 356 g/mol. The number of hydrogen-bond donors (Lipinski definition) is 1. The minimum Gasteiger partial charge on any atom is -0.341 e. The lowest BCUT2D eigenvalue weighted by molar-refractivity contribution is -0.138. The van der Waals surface area contributed by atoms with Gasteiger partial charge in [0, 0.05) is 32.1 Å². The first-order valence-corrected chi connectivity index (χ1v) is 9.37. The number of carbonyl (C=O) groups excluding carboxylic acids is 2. The smallest absolute Gasteiger partial charge is 0.274 e. The van der Waals surface area contributed by atoms with E-state index in [4.69, 9.17) is 0 Å². The van der Waals surface area contributed by atoms with Gasteiger partial charge in [0.2, 0.25) is 11.8 Å². The van der Waals surface area contributed by atoms with Crippen molar-refractivity contribution in [2.24, 2.45) is 5.92 Å². The number of amides is 2. The number of hydrogen-bond acceptors (Lipinski definition) is 3. The van der Waals surface area contributed by atoms with Gasteiger partial charge in [0.05, 0.1) is 10.9 Å². The van der Waals surface area contributed by atoms with Crippen LogP contribution in [-0.4, -0.2) is 57.6 Å². The van der Waals surface area contributed by atoms with Crippen LogP contribution in [0.15, 0.2) is 29.1 Å². The summed E-state index contributed by atoms with van der Waals surface area (Å²) in [6.45, 7) is 2.47. The average Bonchev–Trinajstić information content (AvgIpc) is 2.77. The molecule has 1 N–H and O–H groups in total. The molecule has 2 aliphatic rings. The highest BCUT2D eigenvalue weighted by Gasteiger charge is 2.31. The Bertz CT molecular complexity index is 880. The first kappa shape index (κ1) is 16.9. The Morgan fingerprint density at radius 1 is 1.00 bits per heavy atom. The molecule has 2 amide bonds. The van der Waals surface area contributed by atoms with E-state index in [1.165, 1.54) is 4.68 Å². The summed E-state index contributed by atoms with van der Waals surface area (Å²) in [5.74, 6) is 0.358. The molecule has 2 heterocycles. The number of nitrogens with one attached hydrogen (secondary N) is 1. The van der Waals surface area contributed by atoms with Crippen LogP contribution in [0.2, 0.25) is 0 Å². The first-order valence-electron chi connectivity index (χ1n) is 9.37. The van der Waals surface area contributed by atoms with Crippen molar-refractivity contribution in [1.29, 1.82) is 0 Å². The molecule has 1 aliphatic heterocycles. The van der Waals surface area contributed by atoms with E-state index in [0.717, 1.165) is 31.2 Å². The molecule has 0 spiro atoms. The molecule has 2 aromatic rings. The Kier molecular flexibility index (Phi) is 4.53. The number of H-pyrrole nitrogens is 1. The zero-order chi connectivity index (χ0) is 18.1. The number of para-hydroxylation sites is 1. The van der Waals surface area contributed by atoms with Crippen LogP contribution >= 0.6 is 0 Å². The van der Waals surface area contributed by atoms with Crippen LogP contribution < -0.4 is 5.56 Å². The minimum atomic E-state index is -0.175. The Balaban J connectivity index is 1.40. The molecule has 0 radical (unpaired) electrons. The van der Waals surface area contributed by atoms with Gasteiger partial charge in [-0.05, 0) is 31.4 Å². The van der Waals surface area contributed by atoms with Gasteiger partial charge in [0.1, 0.15) is 6.54 Å². The molecule has 138 valence electrons. The molecule has 1 aliphatic carbocycles. The molecule has 0 bridgehead atoms. The van der Waals surface area contributed by atoms with E-state index < -0.39 is 0 Å². The molecular weight excluding hydrogens is 332 g/mol. The lowest BCUT2D eigenvalue weighted by Crippen LogP contribution is -2.42. The fourth-order valence-electron chi connectivity index (χ4n) is 3.76. The standard InChI is InChI=1S/C19H24N4O3/c24-17(13-23-19(26)15-7-1-2-8-16(15)20-23)21-9-4-10-22(12-11-21)18(25)14-5-3-6-14/h1-2,7-8,14,20H,3-6,9-13H2. The quantitative estimate of drug-likeness (QED) is 0.897. The molecule has 4 rings (SSSR count). The second kappa shape index (κ2) is 6.97. The maximum absolute atomic E-state index is 12.7. The molecule has 0 unspecified atom stereocenters. The maximum Gasteiger partial charge on any atom is 0.274 e. The van der Waals surface area contributed by atoms with Crippen LogP contribution in [-0.2, 0) is 16.1 Å². The van der Waals surface area contributed by atoms with E-state index in [1.807, 2.05) is 23.1 Å². The van der Waals surface area contributed by atoms with E-state index in [-0.39, 0.29) is 29.8 Å². The summed E-state index contributed by atoms with van der Waals surface area (Å²) < 4.78 is 1.37. The molecule has 0 atom stereocenters. The van der Waals surface area contributed by atoms with Crippen LogP contribution in [0, 0.1) is 5.92 Å². The predicted molar refractivity (Wildman–Crippen MR) is 97.7 cm³/mol. The summed E-state index contributed by atoms with van der Waals surface area (Å²) in [4.78, 5) is 41.1. The number of rotatable bonds is 3. The third-order valence-corrected chi connectivity index (χ3v) is 5.57. The molecule has 7 heteroatoms. The molecule has 1 saturated carbocycles. The van der Waals surface area contributed by atoms with Crippen molar-refractivity contribution >= 4 is 22.7 Å². The van der Waals surface area contributed by atoms with Gasteiger partial charge >= 0.3 is 0 Å². The van der Waals surface area contributed by atoms with Crippen LogP contribution in [0.25, 0.3) is 10.9 Å². The molecule has 7 nitrogen and oxygen atoms in total. The number of benzene rings is 1. The number of aromatic nitrogens is 2. The van der Waals surface area contributed by atoms with Gasteiger partial charge in [-0.25, -0.2) is 4.68 Å². The van der Waals surface area contributed by atoms with Crippen molar-refractivity contribution in [3.8, 4) is 0 Å². The zero-order valence-electron chi connectivity index (χ0n) is 14.8. The van der Waals surface area contributed by atoms with E-state index in [2.05, 4.69) is 5.10 Å². The third-order valence-electron chi connectivity index (χ3n) is 5.57. The van der Waals surface area contributed by atoms with Crippen LogP contribution in [0.3, 0.4) is 0 Å². The predicted octanol–water partition coefficient (Wildman–Crippen LogP) is 1.19. The van der Waals surface area contributed by atoms with Crippen molar-refractivity contribution in [3.05, 3.63) is 34.6 Å². The molecule has 1 aromatic carbocycles. The summed E-state index contributed by atoms with van der Waals surface area (Å²) >= 11 is 0. The Hall–Kier alpha value is -2.57. The van der Waals surface area contributed by atoms with Crippen LogP contribution in [0.1, 0.15) is 25.7 Å². The van der Waals surface area contributed by atoms with Gasteiger partial charge in [-0.3, -0.25) is 19.5 Å². The highest BCUT2D eigenvalue weighted by Crippen LogP contribution is 2.28. The Morgan fingerprint density at radius 3 is 2.46 bits per heavy atom. The third kappa shape index (κ3) is 3.13. The van der Waals surface area contributed by atoms with Crippen LogP contribution in [0.5, 0.6) is 0 Å². The van der Waals surface area contributed by atoms with E-state index in [9.17, 15) is 14.4 Å². The van der Waals surface area contributed by atoms with Crippen molar-refractivity contribution in [2.45, 2.75) is 32.2 Å². The number of fused-ring (bicyclic) bond motifs is 1. The summed E-state index contributed by atoms with van der Waals surface area (Å²) in [5, 5.41) is 3.59. The first-order chi connectivity index (χ1) is 12.6. The van der Waals surface area contributed by atoms with Crippen molar-refractivity contribution in [2.75, 3.05) is 26.2 Å². The number of nitrogens with zero attached hydrogens (tertiary/aromatic N) is 3. The van der Waals surface area contributed by atoms with Crippen molar-refractivity contribution < 1.29 is 9.59 Å². The molecule has 2 fully saturated rings. The number of carbonyl (C=O) groups is 2.